The molecule has 0 amide bonds. The van der Waals surface area contributed by atoms with E-state index in [1.807, 2.05) is 0 Å². The number of H-pyrrole nitrogens is 1. The van der Waals surface area contributed by atoms with E-state index in [0.29, 0.717) is 6.04 Å². The smallest absolute Gasteiger partial charge is 0.142 e. The van der Waals surface area contributed by atoms with Crippen LogP contribution in [0.25, 0.3) is 0 Å². The number of nitrogens with zero attached hydrogens (tertiary/aromatic N) is 3. The first kappa shape index (κ1) is 8.65. The van der Waals surface area contributed by atoms with Crippen molar-refractivity contribution in [2.45, 2.75) is 13.0 Å². The van der Waals surface area contributed by atoms with Gasteiger partial charge < -0.3 is 5.32 Å². The van der Waals surface area contributed by atoms with Crippen molar-refractivity contribution in [1.29, 1.82) is 0 Å². The molecule has 2 N–H and O–H groups in total. The van der Waals surface area contributed by atoms with Crippen LogP contribution < -0.4 is 5.32 Å². The molecule has 5 nitrogen and oxygen atoms in total. The third-order valence-electron chi connectivity index (χ3n) is 2.51. The normalized spacial score (nSPS) is 24.8. The Morgan fingerprint density at radius 2 is 2.62 bits per heavy atom. The molecule has 72 valence electrons. The van der Waals surface area contributed by atoms with Gasteiger partial charge in [0.05, 0.1) is 6.04 Å². The van der Waals surface area contributed by atoms with Crippen molar-refractivity contribution in [3.05, 3.63) is 12.2 Å². The minimum atomic E-state index is 0.362. The van der Waals surface area contributed by atoms with Crippen molar-refractivity contribution < 1.29 is 0 Å². The highest BCUT2D eigenvalue weighted by Crippen LogP contribution is 2.16. The van der Waals surface area contributed by atoms with Crippen molar-refractivity contribution in [3.63, 3.8) is 0 Å². The van der Waals surface area contributed by atoms with E-state index in [4.69, 9.17) is 0 Å². The molecule has 1 fully saturated rings. The van der Waals surface area contributed by atoms with Gasteiger partial charge in [0.2, 0.25) is 0 Å². The van der Waals surface area contributed by atoms with E-state index in [-0.39, 0.29) is 0 Å². The minimum absolute atomic E-state index is 0.362. The van der Waals surface area contributed by atoms with E-state index in [0.717, 1.165) is 32.0 Å². The average Bonchev–Trinajstić information content (AvgIpc) is 2.70. The lowest BCUT2D eigenvalue weighted by molar-refractivity contribution is 0.164. The number of hydrogen-bond acceptors (Lipinski definition) is 4. The Hall–Kier alpha value is -0.940. The maximum absolute atomic E-state index is 4.19. The van der Waals surface area contributed by atoms with Gasteiger partial charge in [-0.25, -0.2) is 4.98 Å². The summed E-state index contributed by atoms with van der Waals surface area (Å²) in [5, 5.41) is 10.2. The summed E-state index contributed by atoms with van der Waals surface area (Å²) in [7, 11) is 0. The summed E-state index contributed by atoms with van der Waals surface area (Å²) in [5.41, 5.74) is 0. The third kappa shape index (κ3) is 1.71. The van der Waals surface area contributed by atoms with Crippen LogP contribution in [-0.4, -0.2) is 46.3 Å². The van der Waals surface area contributed by atoms with Crippen LogP contribution in [0.4, 0.5) is 0 Å². The van der Waals surface area contributed by atoms with Crippen LogP contribution in [0.15, 0.2) is 6.33 Å². The van der Waals surface area contributed by atoms with Gasteiger partial charge in [-0.05, 0) is 6.54 Å². The first-order valence-electron chi connectivity index (χ1n) is 4.72. The van der Waals surface area contributed by atoms with E-state index in [9.17, 15) is 0 Å². The molecule has 1 aliphatic rings. The highest BCUT2D eigenvalue weighted by Gasteiger charge is 2.24. The fourth-order valence-electron chi connectivity index (χ4n) is 1.77. The summed E-state index contributed by atoms with van der Waals surface area (Å²) in [6.07, 6.45) is 1.57. The Bertz CT molecular complexity index is 245. The van der Waals surface area contributed by atoms with E-state index in [2.05, 4.69) is 32.3 Å². The molecule has 1 aromatic rings. The Balaban J connectivity index is 2.11. The molecule has 0 aliphatic carbocycles. The second kappa shape index (κ2) is 3.85. The number of rotatable bonds is 2. The molecule has 0 aromatic carbocycles. The van der Waals surface area contributed by atoms with Crippen molar-refractivity contribution >= 4 is 0 Å². The standard InChI is InChI=1S/C8H15N5/c1-2-13-4-3-9-5-7(13)8-10-6-11-12-8/h6-7,9H,2-5H2,1H3,(H,10,11,12). The van der Waals surface area contributed by atoms with Crippen LogP contribution in [0.2, 0.25) is 0 Å². The zero-order valence-electron chi connectivity index (χ0n) is 7.82. The van der Waals surface area contributed by atoms with Crippen LogP contribution in [0.5, 0.6) is 0 Å². The summed E-state index contributed by atoms with van der Waals surface area (Å²) in [4.78, 5) is 6.59. The second-order valence-electron chi connectivity index (χ2n) is 3.22. The zero-order valence-corrected chi connectivity index (χ0v) is 7.82. The molecule has 1 atom stereocenters. The molecule has 1 unspecified atom stereocenters. The van der Waals surface area contributed by atoms with Crippen LogP contribution in [0.1, 0.15) is 18.8 Å². The first-order chi connectivity index (χ1) is 6.42. The molecule has 1 saturated heterocycles. The summed E-state index contributed by atoms with van der Waals surface area (Å²) in [6, 6.07) is 0.362. The lowest BCUT2D eigenvalue weighted by atomic mass is 10.2. The van der Waals surface area contributed by atoms with Crippen molar-refractivity contribution in [2.24, 2.45) is 0 Å². The van der Waals surface area contributed by atoms with E-state index >= 15 is 0 Å². The van der Waals surface area contributed by atoms with Gasteiger partial charge in [-0.3, -0.25) is 10.00 Å². The summed E-state index contributed by atoms with van der Waals surface area (Å²) in [5.74, 6) is 0.967. The monoisotopic (exact) mass is 181 g/mol. The Kier molecular flexibility index (Phi) is 2.56. The number of nitrogens with one attached hydrogen (secondary N) is 2. The summed E-state index contributed by atoms with van der Waals surface area (Å²) in [6.45, 7) is 6.35. The van der Waals surface area contributed by atoms with Gasteiger partial charge in [-0.2, -0.15) is 5.10 Å². The average molecular weight is 181 g/mol. The molecule has 5 heteroatoms. The second-order valence-corrected chi connectivity index (χ2v) is 3.22. The predicted octanol–water partition coefficient (Wildman–Crippen LogP) is -0.229. The van der Waals surface area contributed by atoms with Gasteiger partial charge in [0.1, 0.15) is 12.2 Å². The molecule has 0 radical (unpaired) electrons. The Morgan fingerprint density at radius 1 is 1.69 bits per heavy atom. The van der Waals surface area contributed by atoms with Crippen LogP contribution in [0, 0.1) is 0 Å². The number of likely N-dealkylation sites (N-methyl/N-ethyl adjacent to an activating group) is 1. The van der Waals surface area contributed by atoms with Crippen molar-refractivity contribution in [1.82, 2.24) is 25.4 Å². The predicted molar refractivity (Wildman–Crippen MR) is 49.2 cm³/mol. The fraction of sp³-hybridized carbons (Fsp3) is 0.750. The quantitative estimate of drug-likeness (QED) is 0.662. The molecule has 1 aliphatic heterocycles. The topological polar surface area (TPSA) is 56.8 Å². The summed E-state index contributed by atoms with van der Waals surface area (Å²) >= 11 is 0. The van der Waals surface area contributed by atoms with Gasteiger partial charge in [0, 0.05) is 19.6 Å². The lowest BCUT2D eigenvalue weighted by Gasteiger charge is -2.33. The summed E-state index contributed by atoms with van der Waals surface area (Å²) < 4.78 is 0. The van der Waals surface area contributed by atoms with Crippen molar-refractivity contribution in [3.8, 4) is 0 Å². The third-order valence-corrected chi connectivity index (χ3v) is 2.51. The van der Waals surface area contributed by atoms with Crippen molar-refractivity contribution in [2.75, 3.05) is 26.2 Å². The molecular weight excluding hydrogens is 166 g/mol. The van der Waals surface area contributed by atoms with Crippen LogP contribution in [-0.2, 0) is 0 Å². The molecule has 13 heavy (non-hydrogen) atoms. The minimum Gasteiger partial charge on any atom is -0.313 e. The number of piperazine rings is 1. The van der Waals surface area contributed by atoms with Crippen LogP contribution in [0.3, 0.4) is 0 Å². The van der Waals surface area contributed by atoms with Crippen LogP contribution >= 0.6 is 0 Å². The first-order valence-corrected chi connectivity index (χ1v) is 4.72. The van der Waals surface area contributed by atoms with Gasteiger partial charge in [-0.15, -0.1) is 0 Å². The van der Waals surface area contributed by atoms with Gasteiger partial charge >= 0.3 is 0 Å². The van der Waals surface area contributed by atoms with Gasteiger partial charge in [0.25, 0.3) is 0 Å². The largest absolute Gasteiger partial charge is 0.313 e. The van der Waals surface area contributed by atoms with Gasteiger partial charge in [0.15, 0.2) is 0 Å². The van der Waals surface area contributed by atoms with Gasteiger partial charge in [-0.1, -0.05) is 6.92 Å². The Labute approximate surface area is 77.5 Å². The number of aromatic nitrogens is 3. The number of aromatic amines is 1. The molecule has 2 rings (SSSR count). The van der Waals surface area contributed by atoms with E-state index < -0.39 is 0 Å². The molecule has 0 saturated carbocycles. The fourth-order valence-corrected chi connectivity index (χ4v) is 1.77. The van der Waals surface area contributed by atoms with E-state index in [1.165, 1.54) is 0 Å². The number of hydrogen-bond donors (Lipinski definition) is 2. The lowest BCUT2D eigenvalue weighted by Crippen LogP contribution is -2.46. The maximum Gasteiger partial charge on any atom is 0.142 e. The molecule has 2 heterocycles. The Morgan fingerprint density at radius 3 is 3.31 bits per heavy atom. The molecular formula is C8H15N5. The highest BCUT2D eigenvalue weighted by atomic mass is 15.3. The van der Waals surface area contributed by atoms with E-state index in [1.54, 1.807) is 6.33 Å². The molecule has 0 bridgehead atoms. The molecule has 0 spiro atoms. The highest BCUT2D eigenvalue weighted by molar-refractivity contribution is 4.95. The zero-order chi connectivity index (χ0) is 9.10. The molecule has 1 aromatic heterocycles. The SMILES string of the molecule is CCN1CCNCC1c1ncn[nH]1. The maximum atomic E-state index is 4.19.